The number of methoxy groups -OCH3 is 1. The molecule has 2 aromatic carbocycles. The van der Waals surface area contributed by atoms with Gasteiger partial charge in [0, 0.05) is 22.1 Å². The van der Waals surface area contributed by atoms with Gasteiger partial charge in [-0.15, -0.1) is 16.8 Å². The molecule has 1 N–H and O–H groups in total. The lowest BCUT2D eigenvalue weighted by molar-refractivity contribution is -0.113. The lowest BCUT2D eigenvalue weighted by Gasteiger charge is -2.07. The average Bonchev–Trinajstić information content (AvgIpc) is 3.38. The SMILES string of the molecule is C=CCn1c(SCC(=O)Nc2ccc(Br)cc2)nnc1-c1cc2cccc(OC)c2o1. The standard InChI is InChI=1S/C22H19BrN4O3S/c1-3-11-27-21(18-12-14-5-4-6-17(29-2)20(14)30-18)25-26-22(27)31-13-19(28)24-16-9-7-15(23)8-10-16/h3-10,12H,1,11,13H2,2H3,(H,24,28). The second-order valence-electron chi connectivity index (χ2n) is 6.54. The highest BCUT2D eigenvalue weighted by Gasteiger charge is 2.19. The van der Waals surface area contributed by atoms with E-state index in [2.05, 4.69) is 38.0 Å². The summed E-state index contributed by atoms with van der Waals surface area (Å²) in [4.78, 5) is 12.4. The number of anilines is 1. The van der Waals surface area contributed by atoms with Crippen LogP contribution in [0.1, 0.15) is 0 Å². The monoisotopic (exact) mass is 498 g/mol. The summed E-state index contributed by atoms with van der Waals surface area (Å²) in [5.41, 5.74) is 1.38. The molecule has 7 nitrogen and oxygen atoms in total. The molecule has 0 saturated carbocycles. The Bertz CT molecular complexity index is 1230. The second-order valence-corrected chi connectivity index (χ2v) is 8.40. The van der Waals surface area contributed by atoms with Gasteiger partial charge in [0.2, 0.25) is 11.7 Å². The topological polar surface area (TPSA) is 82.2 Å². The molecule has 9 heteroatoms. The van der Waals surface area contributed by atoms with E-state index in [9.17, 15) is 4.79 Å². The highest BCUT2D eigenvalue weighted by Crippen LogP contribution is 2.33. The van der Waals surface area contributed by atoms with E-state index in [4.69, 9.17) is 9.15 Å². The van der Waals surface area contributed by atoms with Crippen LogP contribution in [0.5, 0.6) is 5.75 Å². The third-order valence-corrected chi connectivity index (χ3v) is 5.93. The number of rotatable bonds is 8. The van der Waals surface area contributed by atoms with Gasteiger partial charge < -0.3 is 14.5 Å². The molecule has 4 rings (SSSR count). The number of halogens is 1. The number of nitrogens with zero attached hydrogens (tertiary/aromatic N) is 3. The van der Waals surface area contributed by atoms with E-state index in [0.29, 0.717) is 34.6 Å². The Balaban J connectivity index is 1.54. The van der Waals surface area contributed by atoms with Crippen molar-refractivity contribution < 1.29 is 13.9 Å². The van der Waals surface area contributed by atoms with Crippen molar-refractivity contribution in [1.29, 1.82) is 0 Å². The van der Waals surface area contributed by atoms with E-state index in [0.717, 1.165) is 15.5 Å². The number of benzene rings is 2. The second kappa shape index (κ2) is 9.40. The molecule has 0 fully saturated rings. The van der Waals surface area contributed by atoms with Crippen molar-refractivity contribution >= 4 is 50.3 Å². The highest BCUT2D eigenvalue weighted by atomic mass is 79.9. The predicted octanol–water partition coefficient (Wildman–Crippen LogP) is 5.38. The Labute approximate surface area is 191 Å². The quantitative estimate of drug-likeness (QED) is 0.259. The van der Waals surface area contributed by atoms with Gasteiger partial charge in [-0.1, -0.05) is 45.9 Å². The number of hydrogen-bond acceptors (Lipinski definition) is 6. The molecular formula is C22H19BrN4O3S. The zero-order valence-electron chi connectivity index (χ0n) is 16.7. The molecule has 0 aliphatic heterocycles. The molecule has 0 atom stereocenters. The summed E-state index contributed by atoms with van der Waals surface area (Å²) in [5.74, 6) is 1.85. The minimum atomic E-state index is -0.129. The fraction of sp³-hybridized carbons (Fsp3) is 0.136. The first-order chi connectivity index (χ1) is 15.1. The molecule has 0 saturated heterocycles. The number of nitrogens with one attached hydrogen (secondary N) is 1. The number of aromatic nitrogens is 3. The van der Waals surface area contributed by atoms with Gasteiger partial charge in [-0.3, -0.25) is 9.36 Å². The van der Waals surface area contributed by atoms with Crippen molar-refractivity contribution in [1.82, 2.24) is 14.8 Å². The number of para-hydroxylation sites is 1. The summed E-state index contributed by atoms with van der Waals surface area (Å²) in [5, 5.41) is 12.9. The van der Waals surface area contributed by atoms with Crippen LogP contribution in [0.15, 0.2) is 75.2 Å². The molecule has 0 bridgehead atoms. The number of hydrogen-bond donors (Lipinski definition) is 1. The first-order valence-corrected chi connectivity index (χ1v) is 11.2. The van der Waals surface area contributed by atoms with Crippen LogP contribution in [-0.2, 0) is 11.3 Å². The van der Waals surface area contributed by atoms with Gasteiger partial charge in [0.25, 0.3) is 0 Å². The minimum Gasteiger partial charge on any atom is -0.493 e. The first-order valence-electron chi connectivity index (χ1n) is 9.38. The molecule has 0 unspecified atom stereocenters. The van der Waals surface area contributed by atoms with Crippen molar-refractivity contribution in [3.05, 3.63) is 65.7 Å². The van der Waals surface area contributed by atoms with Gasteiger partial charge in [0.1, 0.15) is 0 Å². The minimum absolute atomic E-state index is 0.129. The Morgan fingerprint density at radius 2 is 2.10 bits per heavy atom. The van der Waals surface area contributed by atoms with E-state index < -0.39 is 0 Å². The van der Waals surface area contributed by atoms with Gasteiger partial charge in [-0.2, -0.15) is 0 Å². The van der Waals surface area contributed by atoms with E-state index >= 15 is 0 Å². The maximum absolute atomic E-state index is 12.4. The van der Waals surface area contributed by atoms with Crippen molar-refractivity contribution in [2.24, 2.45) is 0 Å². The zero-order chi connectivity index (χ0) is 21.8. The van der Waals surface area contributed by atoms with E-state index in [1.54, 1.807) is 13.2 Å². The predicted molar refractivity (Wildman–Crippen MR) is 125 cm³/mol. The largest absolute Gasteiger partial charge is 0.493 e. The fourth-order valence-corrected chi connectivity index (χ4v) is 4.05. The van der Waals surface area contributed by atoms with E-state index in [-0.39, 0.29) is 11.7 Å². The number of allylic oxidation sites excluding steroid dienone is 1. The third-order valence-electron chi connectivity index (χ3n) is 4.44. The Hall–Kier alpha value is -3.04. The number of carbonyl (C=O) groups is 1. The van der Waals surface area contributed by atoms with Crippen molar-refractivity contribution in [2.75, 3.05) is 18.2 Å². The molecular weight excluding hydrogens is 480 g/mol. The Morgan fingerprint density at radius 3 is 2.84 bits per heavy atom. The maximum Gasteiger partial charge on any atom is 0.234 e. The van der Waals surface area contributed by atoms with Crippen LogP contribution in [0.2, 0.25) is 0 Å². The molecule has 0 spiro atoms. The van der Waals surface area contributed by atoms with Crippen molar-refractivity contribution in [3.63, 3.8) is 0 Å². The number of carbonyl (C=O) groups excluding carboxylic acids is 1. The third kappa shape index (κ3) is 4.67. The van der Waals surface area contributed by atoms with Crippen LogP contribution in [-0.4, -0.2) is 33.5 Å². The van der Waals surface area contributed by atoms with E-state index in [1.165, 1.54) is 11.8 Å². The molecule has 4 aromatic rings. The zero-order valence-corrected chi connectivity index (χ0v) is 19.1. The normalized spacial score (nSPS) is 10.9. The number of fused-ring (bicyclic) bond motifs is 1. The lowest BCUT2D eigenvalue weighted by atomic mass is 10.2. The highest BCUT2D eigenvalue weighted by molar-refractivity contribution is 9.10. The fourth-order valence-electron chi connectivity index (χ4n) is 3.04. The summed E-state index contributed by atoms with van der Waals surface area (Å²) < 4.78 is 14.2. The Morgan fingerprint density at radius 1 is 1.29 bits per heavy atom. The average molecular weight is 499 g/mol. The van der Waals surface area contributed by atoms with Gasteiger partial charge in [-0.05, 0) is 36.4 Å². The maximum atomic E-state index is 12.4. The van der Waals surface area contributed by atoms with Gasteiger partial charge in [0.15, 0.2) is 22.2 Å². The van der Waals surface area contributed by atoms with Crippen molar-refractivity contribution in [3.8, 4) is 17.3 Å². The van der Waals surface area contributed by atoms with Crippen LogP contribution >= 0.6 is 27.7 Å². The smallest absolute Gasteiger partial charge is 0.234 e. The van der Waals surface area contributed by atoms with Crippen LogP contribution in [0.4, 0.5) is 5.69 Å². The number of amides is 1. The van der Waals surface area contributed by atoms with Crippen LogP contribution < -0.4 is 10.1 Å². The van der Waals surface area contributed by atoms with Crippen LogP contribution in [0.3, 0.4) is 0 Å². The summed E-state index contributed by atoms with van der Waals surface area (Å²) in [6.45, 7) is 4.30. The van der Waals surface area contributed by atoms with Crippen LogP contribution in [0, 0.1) is 0 Å². The van der Waals surface area contributed by atoms with Crippen molar-refractivity contribution in [2.45, 2.75) is 11.7 Å². The van der Waals surface area contributed by atoms with Gasteiger partial charge >= 0.3 is 0 Å². The number of ether oxygens (including phenoxy) is 1. The Kier molecular flexibility index (Phi) is 6.43. The summed E-state index contributed by atoms with van der Waals surface area (Å²) in [6.07, 6.45) is 1.75. The summed E-state index contributed by atoms with van der Waals surface area (Å²) in [7, 11) is 1.60. The molecule has 2 heterocycles. The molecule has 0 radical (unpaired) electrons. The molecule has 31 heavy (non-hydrogen) atoms. The number of thioether (sulfide) groups is 1. The van der Waals surface area contributed by atoms with E-state index in [1.807, 2.05) is 53.1 Å². The molecule has 2 aromatic heterocycles. The number of furan rings is 1. The lowest BCUT2D eigenvalue weighted by Crippen LogP contribution is -2.14. The molecule has 158 valence electrons. The summed E-state index contributed by atoms with van der Waals surface area (Å²) in [6, 6.07) is 15.0. The molecule has 0 aliphatic carbocycles. The molecule has 1 amide bonds. The van der Waals surface area contributed by atoms with Gasteiger partial charge in [0.05, 0.1) is 12.9 Å². The first kappa shape index (κ1) is 21.2. The van der Waals surface area contributed by atoms with Crippen LogP contribution in [0.25, 0.3) is 22.6 Å². The van der Waals surface area contributed by atoms with Gasteiger partial charge in [-0.25, -0.2) is 0 Å². The molecule has 0 aliphatic rings. The summed E-state index contributed by atoms with van der Waals surface area (Å²) >= 11 is 4.68.